The maximum Gasteiger partial charge on any atom is 0.220 e. The molecule has 0 radical (unpaired) electrons. The Morgan fingerprint density at radius 1 is 0.343 bits per heavy atom. The molecule has 0 spiro atoms. The minimum Gasteiger partial charge on any atom is -0.394 e. The Morgan fingerprint density at radius 3 is 0.857 bits per heavy atom. The topological polar surface area (TPSA) is 69.6 Å². The molecule has 2 atom stereocenters. The van der Waals surface area contributed by atoms with E-state index in [1.54, 1.807) is 6.08 Å². The van der Waals surface area contributed by atoms with Crippen LogP contribution in [0.2, 0.25) is 0 Å². The summed E-state index contributed by atoms with van der Waals surface area (Å²) in [6, 6.07) is -0.622. The monoisotopic (exact) mass is 982 g/mol. The lowest BCUT2D eigenvalue weighted by molar-refractivity contribution is -0.123. The van der Waals surface area contributed by atoms with E-state index in [2.05, 4.69) is 43.5 Å². The van der Waals surface area contributed by atoms with Crippen LogP contribution in [0.15, 0.2) is 36.5 Å². The summed E-state index contributed by atoms with van der Waals surface area (Å²) < 4.78 is 0. The normalized spacial score (nSPS) is 12.9. The van der Waals surface area contributed by atoms with E-state index in [4.69, 9.17) is 0 Å². The molecule has 4 nitrogen and oxygen atoms in total. The van der Waals surface area contributed by atoms with Crippen LogP contribution in [-0.2, 0) is 4.79 Å². The average Bonchev–Trinajstić information content (AvgIpc) is 3.36. The van der Waals surface area contributed by atoms with Gasteiger partial charge in [0.25, 0.3) is 0 Å². The van der Waals surface area contributed by atoms with Crippen LogP contribution < -0.4 is 5.32 Å². The summed E-state index contributed by atoms with van der Waals surface area (Å²) in [6.07, 6.45) is 84.9. The zero-order valence-corrected chi connectivity index (χ0v) is 47.8. The molecule has 0 aromatic heterocycles. The summed E-state index contributed by atoms with van der Waals surface area (Å²) in [7, 11) is 0. The summed E-state index contributed by atoms with van der Waals surface area (Å²) in [5.41, 5.74) is 0. The number of carbonyl (C=O) groups is 1. The van der Waals surface area contributed by atoms with Crippen LogP contribution in [0.25, 0.3) is 0 Å². The Balaban J connectivity index is 3.44. The van der Waals surface area contributed by atoms with Crippen LogP contribution >= 0.6 is 0 Å². The molecule has 1 amide bonds. The molecule has 0 rings (SSSR count). The van der Waals surface area contributed by atoms with Gasteiger partial charge in [0, 0.05) is 6.42 Å². The van der Waals surface area contributed by atoms with Gasteiger partial charge in [0.05, 0.1) is 18.8 Å². The number of carbonyl (C=O) groups excluding carboxylic acids is 1. The first-order chi connectivity index (χ1) is 34.7. The van der Waals surface area contributed by atoms with Crippen molar-refractivity contribution in [3.63, 3.8) is 0 Å². The molecule has 0 aromatic carbocycles. The predicted molar refractivity (Wildman–Crippen MR) is 313 cm³/mol. The largest absolute Gasteiger partial charge is 0.394 e. The van der Waals surface area contributed by atoms with E-state index in [1.807, 2.05) is 6.08 Å². The number of aliphatic hydroxyl groups is 2. The van der Waals surface area contributed by atoms with Gasteiger partial charge in [-0.25, -0.2) is 0 Å². The van der Waals surface area contributed by atoms with E-state index in [1.165, 1.54) is 308 Å². The molecule has 70 heavy (non-hydrogen) atoms. The summed E-state index contributed by atoms with van der Waals surface area (Å²) in [4.78, 5) is 12.5. The van der Waals surface area contributed by atoms with Crippen molar-refractivity contribution in [2.24, 2.45) is 0 Å². The van der Waals surface area contributed by atoms with Crippen LogP contribution in [-0.4, -0.2) is 34.9 Å². The van der Waals surface area contributed by atoms with Crippen LogP contribution in [0, 0.1) is 0 Å². The molecular formula is C66H127NO3. The van der Waals surface area contributed by atoms with Gasteiger partial charge in [-0.1, -0.05) is 339 Å². The first-order valence-corrected chi connectivity index (χ1v) is 32.2. The van der Waals surface area contributed by atoms with Crippen molar-refractivity contribution in [3.8, 4) is 0 Å². The van der Waals surface area contributed by atoms with Crippen molar-refractivity contribution >= 4 is 5.91 Å². The molecule has 0 aliphatic rings. The first kappa shape index (κ1) is 68.6. The zero-order valence-electron chi connectivity index (χ0n) is 47.8. The molecule has 0 saturated carbocycles. The molecule has 0 aromatic rings. The Morgan fingerprint density at radius 2 is 0.586 bits per heavy atom. The number of amides is 1. The van der Waals surface area contributed by atoms with E-state index in [9.17, 15) is 15.0 Å². The lowest BCUT2D eigenvalue weighted by Crippen LogP contribution is -2.45. The molecule has 0 saturated heterocycles. The van der Waals surface area contributed by atoms with Gasteiger partial charge in [0.1, 0.15) is 0 Å². The van der Waals surface area contributed by atoms with Crippen molar-refractivity contribution in [1.29, 1.82) is 0 Å². The molecule has 414 valence electrons. The molecule has 2 unspecified atom stereocenters. The molecular weight excluding hydrogens is 855 g/mol. The minimum absolute atomic E-state index is 0.0576. The highest BCUT2D eigenvalue weighted by Gasteiger charge is 2.18. The summed E-state index contributed by atoms with van der Waals surface area (Å²) in [5, 5.41) is 23.2. The van der Waals surface area contributed by atoms with Crippen LogP contribution in [0.5, 0.6) is 0 Å². The van der Waals surface area contributed by atoms with Gasteiger partial charge in [-0.3, -0.25) is 4.79 Å². The fourth-order valence-electron chi connectivity index (χ4n) is 10.2. The summed E-state index contributed by atoms with van der Waals surface area (Å²) >= 11 is 0. The maximum atomic E-state index is 12.5. The number of allylic oxidation sites excluding steroid dienone is 5. The second-order valence-corrected chi connectivity index (χ2v) is 22.2. The Labute approximate surface area is 440 Å². The van der Waals surface area contributed by atoms with Gasteiger partial charge in [0.15, 0.2) is 0 Å². The number of hydrogen-bond acceptors (Lipinski definition) is 3. The molecule has 3 N–H and O–H groups in total. The van der Waals surface area contributed by atoms with Gasteiger partial charge in [-0.15, -0.1) is 0 Å². The van der Waals surface area contributed by atoms with E-state index in [0.29, 0.717) is 6.42 Å². The maximum absolute atomic E-state index is 12.5. The highest BCUT2D eigenvalue weighted by Crippen LogP contribution is 2.18. The summed E-state index contributed by atoms with van der Waals surface area (Å²) in [5.74, 6) is -0.0576. The van der Waals surface area contributed by atoms with Crippen molar-refractivity contribution in [3.05, 3.63) is 36.5 Å². The first-order valence-electron chi connectivity index (χ1n) is 32.2. The van der Waals surface area contributed by atoms with Gasteiger partial charge < -0.3 is 15.5 Å². The fourth-order valence-corrected chi connectivity index (χ4v) is 10.2. The van der Waals surface area contributed by atoms with E-state index in [-0.39, 0.29) is 12.5 Å². The van der Waals surface area contributed by atoms with E-state index < -0.39 is 12.1 Å². The third-order valence-electron chi connectivity index (χ3n) is 15.1. The van der Waals surface area contributed by atoms with Gasteiger partial charge >= 0.3 is 0 Å². The van der Waals surface area contributed by atoms with E-state index >= 15 is 0 Å². The van der Waals surface area contributed by atoms with Gasteiger partial charge in [-0.2, -0.15) is 0 Å². The van der Waals surface area contributed by atoms with Crippen molar-refractivity contribution < 1.29 is 15.0 Å². The standard InChI is InChI=1S/C66H127NO3/c1-3-5-7-9-11-13-15-17-19-21-23-25-27-28-29-30-31-32-33-34-35-36-37-38-40-42-44-46-48-50-52-54-56-58-60-62-66(70)67-64(63-68)65(69)61-59-57-55-53-51-49-47-45-43-41-39-26-24-22-20-18-16-14-12-10-8-6-4-2/h27-28,30-31,59,61,64-65,68-69H,3-26,29,32-58,60,62-63H2,1-2H3,(H,67,70)/b28-27-,31-30-,61-59+. The SMILES string of the molecule is CCCCCCCCCCCCC/C=C\C/C=C\CCCCCCCCCCCCCCCCCCCC(=O)NC(CO)C(O)/C=C/CCCCCCCCCCCCCCCCCCCCCCC. The smallest absolute Gasteiger partial charge is 0.220 e. The molecule has 4 heteroatoms. The molecule has 0 heterocycles. The van der Waals surface area contributed by atoms with Crippen LogP contribution in [0.4, 0.5) is 0 Å². The predicted octanol–water partition coefficient (Wildman–Crippen LogP) is 21.6. The Kier molecular flexibility index (Phi) is 60.7. The van der Waals surface area contributed by atoms with Crippen LogP contribution in [0.1, 0.15) is 361 Å². The summed E-state index contributed by atoms with van der Waals surface area (Å²) in [6.45, 7) is 4.35. The molecule has 0 fully saturated rings. The van der Waals surface area contributed by atoms with Gasteiger partial charge in [-0.05, 0) is 51.4 Å². The van der Waals surface area contributed by atoms with Crippen LogP contribution in [0.3, 0.4) is 0 Å². The number of nitrogens with one attached hydrogen (secondary N) is 1. The van der Waals surface area contributed by atoms with Crippen molar-refractivity contribution in [2.45, 2.75) is 373 Å². The highest BCUT2D eigenvalue weighted by molar-refractivity contribution is 5.76. The molecule has 0 bridgehead atoms. The van der Waals surface area contributed by atoms with Crippen molar-refractivity contribution in [2.75, 3.05) is 6.61 Å². The van der Waals surface area contributed by atoms with E-state index in [0.717, 1.165) is 32.1 Å². The van der Waals surface area contributed by atoms with Gasteiger partial charge in [0.2, 0.25) is 5.91 Å². The quantitative estimate of drug-likeness (QED) is 0.0420. The third kappa shape index (κ3) is 57.5. The Hall–Kier alpha value is -1.39. The average molecular weight is 983 g/mol. The highest BCUT2D eigenvalue weighted by atomic mass is 16.3. The number of aliphatic hydroxyl groups excluding tert-OH is 2. The number of hydrogen-bond donors (Lipinski definition) is 3. The zero-order chi connectivity index (χ0) is 50.6. The number of rotatable bonds is 60. The third-order valence-corrected chi connectivity index (χ3v) is 15.1. The fraction of sp³-hybridized carbons (Fsp3) is 0.894. The van der Waals surface area contributed by atoms with Crippen molar-refractivity contribution in [1.82, 2.24) is 5.32 Å². The number of unbranched alkanes of at least 4 members (excludes halogenated alkanes) is 49. The second-order valence-electron chi connectivity index (χ2n) is 22.2. The lowest BCUT2D eigenvalue weighted by Gasteiger charge is -2.20. The Bertz CT molecular complexity index is 1070. The lowest BCUT2D eigenvalue weighted by atomic mass is 10.0. The molecule has 0 aliphatic carbocycles. The molecule has 0 aliphatic heterocycles. The minimum atomic E-state index is -0.839. The second kappa shape index (κ2) is 61.9.